The Morgan fingerprint density at radius 1 is 1.24 bits per heavy atom. The third-order valence-electron chi connectivity index (χ3n) is 5.56. The van der Waals surface area contributed by atoms with Gasteiger partial charge in [-0.3, -0.25) is 0 Å². The van der Waals surface area contributed by atoms with E-state index in [-0.39, 0.29) is 6.61 Å². The summed E-state index contributed by atoms with van der Waals surface area (Å²) >= 11 is 9.14. The molecule has 0 radical (unpaired) electrons. The highest BCUT2D eigenvalue weighted by Gasteiger charge is 2.37. The van der Waals surface area contributed by atoms with Crippen LogP contribution in [-0.2, 0) is 17.0 Å². The van der Waals surface area contributed by atoms with Gasteiger partial charge in [0.2, 0.25) is 4.96 Å². The number of alkyl halides is 1. The van der Waals surface area contributed by atoms with Gasteiger partial charge in [-0.25, -0.2) is 18.9 Å². The Labute approximate surface area is 200 Å². The molecule has 1 saturated heterocycles. The lowest BCUT2D eigenvalue weighted by Gasteiger charge is -2.27. The molecule has 0 saturated carbocycles. The normalized spacial score (nSPS) is 16.1. The van der Waals surface area contributed by atoms with Crippen LogP contribution in [0.15, 0.2) is 34.2 Å². The van der Waals surface area contributed by atoms with Crippen LogP contribution in [0, 0.1) is 6.92 Å². The van der Waals surface area contributed by atoms with Gasteiger partial charge >= 0.3 is 0 Å². The molecule has 4 aromatic heterocycles. The fourth-order valence-corrected chi connectivity index (χ4v) is 5.75. The number of ether oxygens (including phenoxy) is 2. The molecule has 1 aliphatic rings. The van der Waals surface area contributed by atoms with Gasteiger partial charge in [0, 0.05) is 29.3 Å². The average Bonchev–Trinajstić information content (AvgIpc) is 3.55. The standard InChI is InChI=1S/C22H18ClFN4O3S2/c1-12-27-28-9-16(26-21(28)33-12)19-8-15-17(6-13(23)7-18(15)31-19)30-10-14-11-32-20(25-14)22(24)2-4-29-5-3-22/h6-9,11H,2-5,10H2,1H3. The molecule has 0 aliphatic carbocycles. The first kappa shape index (κ1) is 21.0. The second-order valence-electron chi connectivity index (χ2n) is 7.91. The lowest BCUT2D eigenvalue weighted by atomic mass is 9.97. The van der Waals surface area contributed by atoms with Crippen molar-refractivity contribution >= 4 is 50.2 Å². The first-order chi connectivity index (χ1) is 16.0. The van der Waals surface area contributed by atoms with E-state index in [0.717, 1.165) is 15.4 Å². The first-order valence-corrected chi connectivity index (χ1v) is 12.4. The quantitative estimate of drug-likeness (QED) is 0.284. The van der Waals surface area contributed by atoms with E-state index in [4.69, 9.17) is 25.5 Å². The molecule has 0 amide bonds. The van der Waals surface area contributed by atoms with Gasteiger partial charge in [-0.1, -0.05) is 22.9 Å². The molecule has 5 heterocycles. The van der Waals surface area contributed by atoms with Crippen molar-refractivity contribution in [3.05, 3.63) is 50.5 Å². The summed E-state index contributed by atoms with van der Waals surface area (Å²) in [5.41, 5.74) is 0.527. The van der Waals surface area contributed by atoms with E-state index >= 15 is 4.39 Å². The third-order valence-corrected chi connectivity index (χ3v) is 7.68. The predicted octanol–water partition coefficient (Wildman–Crippen LogP) is 6.18. The van der Waals surface area contributed by atoms with E-state index in [9.17, 15) is 0 Å². The molecule has 6 rings (SSSR count). The number of furan rings is 1. The lowest BCUT2D eigenvalue weighted by molar-refractivity contribution is -0.0117. The van der Waals surface area contributed by atoms with Gasteiger partial charge in [-0.2, -0.15) is 5.10 Å². The minimum Gasteiger partial charge on any atom is -0.486 e. The van der Waals surface area contributed by atoms with Crippen LogP contribution in [0.3, 0.4) is 0 Å². The summed E-state index contributed by atoms with van der Waals surface area (Å²) < 4.78 is 34.3. The zero-order valence-electron chi connectivity index (χ0n) is 17.5. The molecular formula is C22H18ClFN4O3S2. The molecule has 5 aromatic rings. The summed E-state index contributed by atoms with van der Waals surface area (Å²) in [6.45, 7) is 2.96. The molecule has 1 aliphatic heterocycles. The Morgan fingerprint density at radius 3 is 2.91 bits per heavy atom. The van der Waals surface area contributed by atoms with Crippen molar-refractivity contribution in [1.82, 2.24) is 19.6 Å². The highest BCUT2D eigenvalue weighted by atomic mass is 35.5. The Morgan fingerprint density at radius 2 is 2.09 bits per heavy atom. The van der Waals surface area contributed by atoms with Crippen LogP contribution in [0.25, 0.3) is 27.4 Å². The summed E-state index contributed by atoms with van der Waals surface area (Å²) in [7, 11) is 0. The maximum Gasteiger partial charge on any atom is 0.212 e. The Bertz CT molecular complexity index is 1440. The lowest BCUT2D eigenvalue weighted by Crippen LogP contribution is -2.29. The van der Waals surface area contributed by atoms with E-state index in [1.165, 1.54) is 22.7 Å². The molecule has 7 nitrogen and oxygen atoms in total. The smallest absolute Gasteiger partial charge is 0.212 e. The number of nitrogens with zero attached hydrogens (tertiary/aromatic N) is 4. The van der Waals surface area contributed by atoms with Crippen molar-refractivity contribution in [2.45, 2.75) is 32.0 Å². The van der Waals surface area contributed by atoms with Gasteiger partial charge in [0.15, 0.2) is 11.4 Å². The average molecular weight is 505 g/mol. The predicted molar refractivity (Wildman–Crippen MR) is 125 cm³/mol. The van der Waals surface area contributed by atoms with Crippen LogP contribution in [0.1, 0.15) is 28.6 Å². The summed E-state index contributed by atoms with van der Waals surface area (Å²) in [6.07, 6.45) is 2.49. The zero-order valence-corrected chi connectivity index (χ0v) is 19.9. The van der Waals surface area contributed by atoms with Gasteiger partial charge < -0.3 is 13.9 Å². The van der Waals surface area contributed by atoms with Crippen molar-refractivity contribution in [2.24, 2.45) is 0 Å². The van der Waals surface area contributed by atoms with Crippen LogP contribution in [0.5, 0.6) is 5.75 Å². The van der Waals surface area contributed by atoms with E-state index < -0.39 is 5.67 Å². The van der Waals surface area contributed by atoms with Gasteiger partial charge in [0.1, 0.15) is 33.6 Å². The molecule has 0 bridgehead atoms. The van der Waals surface area contributed by atoms with Crippen LogP contribution >= 0.6 is 34.3 Å². The van der Waals surface area contributed by atoms with Crippen molar-refractivity contribution in [2.75, 3.05) is 13.2 Å². The number of benzene rings is 1. The van der Waals surface area contributed by atoms with Crippen LogP contribution in [-0.4, -0.2) is 32.8 Å². The fourth-order valence-electron chi connectivity index (χ4n) is 3.88. The zero-order chi connectivity index (χ0) is 22.6. The van der Waals surface area contributed by atoms with Crippen LogP contribution in [0.4, 0.5) is 4.39 Å². The largest absolute Gasteiger partial charge is 0.486 e. The molecule has 0 atom stereocenters. The Hall–Kier alpha value is -2.53. The van der Waals surface area contributed by atoms with Crippen LogP contribution in [0.2, 0.25) is 5.02 Å². The van der Waals surface area contributed by atoms with Crippen molar-refractivity contribution in [3.8, 4) is 17.2 Å². The first-order valence-electron chi connectivity index (χ1n) is 10.4. The second-order valence-corrected chi connectivity index (χ2v) is 10.4. The van der Waals surface area contributed by atoms with Crippen molar-refractivity contribution < 1.29 is 18.3 Å². The molecule has 1 fully saturated rings. The number of aromatic nitrogens is 4. The minimum absolute atomic E-state index is 0.197. The second kappa shape index (κ2) is 8.05. The molecule has 0 unspecified atom stereocenters. The molecular weight excluding hydrogens is 487 g/mol. The molecule has 0 spiro atoms. The van der Waals surface area contributed by atoms with Crippen molar-refractivity contribution in [1.29, 1.82) is 0 Å². The Balaban J connectivity index is 1.26. The SMILES string of the molecule is Cc1nn2cc(-c3cc4c(OCc5csc(C6(F)CCOCC6)n5)cc(Cl)cc4o3)nc2s1. The maximum absolute atomic E-state index is 15.2. The van der Waals surface area contributed by atoms with Crippen LogP contribution < -0.4 is 4.74 Å². The maximum atomic E-state index is 15.2. The Kier molecular flexibility index (Phi) is 5.13. The number of hydrogen-bond acceptors (Lipinski definition) is 8. The summed E-state index contributed by atoms with van der Waals surface area (Å²) in [6, 6.07) is 5.36. The minimum atomic E-state index is -1.42. The summed E-state index contributed by atoms with van der Waals surface area (Å²) in [5, 5.41) is 8.92. The summed E-state index contributed by atoms with van der Waals surface area (Å²) in [4.78, 5) is 9.88. The molecule has 1 aromatic carbocycles. The van der Waals surface area contributed by atoms with Gasteiger partial charge in [-0.05, 0) is 19.1 Å². The number of rotatable bonds is 5. The van der Waals surface area contributed by atoms with E-state index in [1.807, 2.05) is 24.6 Å². The number of hydrogen-bond donors (Lipinski definition) is 0. The molecule has 11 heteroatoms. The molecule has 170 valence electrons. The van der Waals surface area contributed by atoms with Gasteiger partial charge in [0.25, 0.3) is 0 Å². The van der Waals surface area contributed by atoms with E-state index in [2.05, 4.69) is 15.1 Å². The van der Waals surface area contributed by atoms with E-state index in [0.29, 0.717) is 64.6 Å². The van der Waals surface area contributed by atoms with E-state index in [1.54, 1.807) is 16.6 Å². The monoisotopic (exact) mass is 504 g/mol. The molecule has 33 heavy (non-hydrogen) atoms. The van der Waals surface area contributed by atoms with Gasteiger partial charge in [0.05, 0.1) is 30.5 Å². The number of fused-ring (bicyclic) bond motifs is 2. The number of thiazole rings is 1. The summed E-state index contributed by atoms with van der Waals surface area (Å²) in [5.74, 6) is 1.17. The highest BCUT2D eigenvalue weighted by Crippen LogP contribution is 2.39. The molecule has 0 N–H and O–H groups in total. The fraction of sp³-hybridized carbons (Fsp3) is 0.318. The van der Waals surface area contributed by atoms with Crippen molar-refractivity contribution in [3.63, 3.8) is 0 Å². The number of imidazole rings is 1. The third kappa shape index (κ3) is 3.90. The highest BCUT2D eigenvalue weighted by molar-refractivity contribution is 7.16. The number of aryl methyl sites for hydroxylation is 1. The van der Waals surface area contributed by atoms with Gasteiger partial charge in [-0.15, -0.1) is 11.3 Å². The topological polar surface area (TPSA) is 74.7 Å². The number of halogens is 2.